The average molecular weight is 2110 g/mol. The molecule has 0 aromatic heterocycles. The molecule has 54 nitrogen and oxygen atoms in total. The second-order valence-electron chi connectivity index (χ2n) is 34.0. The number of nitrogens with one attached hydrogen (secondary N) is 10. The highest BCUT2D eigenvalue weighted by molar-refractivity contribution is 5.80. The molecule has 3 heterocycles. The number of rotatable bonds is 79. The number of amides is 10. The van der Waals surface area contributed by atoms with Crippen LogP contribution in [0.3, 0.4) is 0 Å². The molecule has 3 fully saturated rings. The first-order chi connectivity index (χ1) is 70.1. The zero-order chi connectivity index (χ0) is 109. The number of carbonyl (C=O) groups is 20. The highest BCUT2D eigenvalue weighted by Crippen LogP contribution is 2.32. The van der Waals surface area contributed by atoms with Crippen LogP contribution < -0.4 is 53.2 Å². The molecule has 15 atom stereocenters. The molecule has 0 bridgehead atoms. The number of hydrogen-bond acceptors (Lipinski definition) is 43. The third kappa shape index (κ3) is 61.4. The Labute approximate surface area is 852 Å². The lowest BCUT2D eigenvalue weighted by Crippen LogP contribution is -2.66. The molecule has 3 aliphatic rings. The van der Waals surface area contributed by atoms with Gasteiger partial charge in [0.05, 0.1) is 112 Å². The molecule has 11 N–H and O–H groups in total. The van der Waals surface area contributed by atoms with Crippen LogP contribution in [0.15, 0.2) is 0 Å². The molecule has 3 aliphatic heterocycles. The molecule has 10 amide bonds. The Bertz CT molecular complexity index is 3710. The van der Waals surface area contributed by atoms with E-state index in [4.69, 9.17) is 114 Å². The van der Waals surface area contributed by atoms with Gasteiger partial charge in [-0.15, -0.1) is 0 Å². The van der Waals surface area contributed by atoms with Gasteiger partial charge in [-0.1, -0.05) is 0 Å². The van der Waals surface area contributed by atoms with E-state index in [1.165, 1.54) is 20.8 Å². The van der Waals surface area contributed by atoms with Gasteiger partial charge in [-0.25, -0.2) is 0 Å². The molecule has 3 saturated heterocycles. The zero-order valence-corrected chi connectivity index (χ0v) is 86.0. The van der Waals surface area contributed by atoms with Gasteiger partial charge in [0.25, 0.3) is 0 Å². The lowest BCUT2D eigenvalue weighted by molar-refractivity contribution is -0.277. The third-order valence-electron chi connectivity index (χ3n) is 20.8. The van der Waals surface area contributed by atoms with E-state index in [0.29, 0.717) is 57.8 Å². The molecule has 0 aliphatic carbocycles. The van der Waals surface area contributed by atoms with Gasteiger partial charge in [-0.3, -0.25) is 95.9 Å². The van der Waals surface area contributed by atoms with Crippen molar-refractivity contribution in [1.29, 1.82) is 0 Å². The summed E-state index contributed by atoms with van der Waals surface area (Å²) < 4.78 is 130. The maximum atomic E-state index is 14.0. The van der Waals surface area contributed by atoms with Crippen molar-refractivity contribution < 1.29 is 210 Å². The van der Waals surface area contributed by atoms with Crippen molar-refractivity contribution in [2.45, 2.75) is 290 Å². The Morgan fingerprint density at radius 1 is 0.245 bits per heavy atom. The maximum Gasteiger partial charge on any atom is 0.305 e. The van der Waals surface area contributed by atoms with E-state index in [-0.39, 0.29) is 234 Å². The van der Waals surface area contributed by atoms with Gasteiger partial charge in [0.2, 0.25) is 59.1 Å². The highest BCUT2D eigenvalue weighted by atomic mass is 16.7. The molecule has 147 heavy (non-hydrogen) atoms. The Morgan fingerprint density at radius 2 is 0.469 bits per heavy atom. The standard InChI is InChI=1S/C93H152N10O44/c1-58(104)100-81-87(142-67(10)113)84(139-64(7)110)70(52-136-61(4)107)145-90(81)133-36-16-13-22-73(116)94-30-19-33-97-76(119)25-40-130-55-93(103-79(122)28-39-125-44-46-127-48-50-129-51-49-128-47-45-126-43-29-80(123)124,56-131-41-26-77(120)98-34-20-31-95-74(117)23-14-17-37-134-91-82(101-59(2)105)88(143-68(11)114)85(140-65(8)111)71(146-91)53-137-62(5)108)57-132-42-27-78(121)99-35-21-32-96-75(118)24-15-18-38-135-92-83(102-60(3)106)89(144-69(12)115)86(141-66(9)112)72(147-92)54-138-63(6)109/h70-72,81-92H,13-57H2,1-12H3,(H,94,116)(H,95,117)(H,96,118)(H,97,119)(H,98,120)(H,99,121)(H,100,104)(H,101,105)(H,102,106)(H,103,122)(H,123,124)/t70-,71-,72-,81-,82-,83-,84+,85+,86+,87-,88-,89-,90-,91-,92-/m1/s1. The number of hydrogen-bond donors (Lipinski definition) is 11. The first-order valence-corrected chi connectivity index (χ1v) is 48.9. The first kappa shape index (κ1) is 130. The largest absolute Gasteiger partial charge is 0.481 e. The quantitative estimate of drug-likeness (QED) is 0.0169. The Balaban J connectivity index is 1.70. The molecular weight excluding hydrogens is 1960 g/mol. The molecule has 0 saturated carbocycles. The van der Waals surface area contributed by atoms with Crippen molar-refractivity contribution >= 4 is 119 Å². The molecule has 838 valence electrons. The smallest absolute Gasteiger partial charge is 0.305 e. The van der Waals surface area contributed by atoms with Crippen LogP contribution in [0, 0.1) is 0 Å². The summed E-state index contributed by atoms with van der Waals surface area (Å²) in [6, 6.07) is -3.56. The fourth-order valence-electron chi connectivity index (χ4n) is 14.4. The molecule has 54 heteroatoms. The van der Waals surface area contributed by atoms with E-state index < -0.39 is 218 Å². The summed E-state index contributed by atoms with van der Waals surface area (Å²) in [4.78, 5) is 249. The minimum absolute atomic E-state index is 0.0281. The molecule has 0 aromatic carbocycles. The van der Waals surface area contributed by atoms with Crippen LogP contribution in [-0.4, -0.2) is 406 Å². The van der Waals surface area contributed by atoms with Gasteiger partial charge in [0.15, 0.2) is 55.5 Å². The maximum absolute atomic E-state index is 14.0. The second kappa shape index (κ2) is 76.4. The summed E-state index contributed by atoms with van der Waals surface area (Å²) in [6.45, 7) is 13.1. The van der Waals surface area contributed by atoms with Crippen molar-refractivity contribution in [2.75, 3.05) is 185 Å². The number of carbonyl (C=O) groups excluding carboxylic acids is 19. The van der Waals surface area contributed by atoms with Crippen LogP contribution >= 0.6 is 0 Å². The van der Waals surface area contributed by atoms with Crippen molar-refractivity contribution in [3.63, 3.8) is 0 Å². The average Bonchev–Trinajstić information content (AvgIpc) is 0.796. The fraction of sp³-hybridized carbons (Fsp3) is 0.785. The van der Waals surface area contributed by atoms with E-state index in [2.05, 4.69) is 53.2 Å². The Kier molecular flexibility index (Phi) is 67.5. The van der Waals surface area contributed by atoms with Crippen molar-refractivity contribution in [3.05, 3.63) is 0 Å². The number of carboxylic acids is 1. The summed E-state index contributed by atoms with van der Waals surface area (Å²) >= 11 is 0. The van der Waals surface area contributed by atoms with Gasteiger partial charge in [0, 0.05) is 187 Å². The van der Waals surface area contributed by atoms with Crippen LogP contribution in [-0.2, 0) is 205 Å². The second-order valence-corrected chi connectivity index (χ2v) is 34.0. The lowest BCUT2D eigenvalue weighted by atomic mass is 9.96. The number of unbranched alkanes of at least 4 members (excludes halogenated alkanes) is 3. The summed E-state index contributed by atoms with van der Waals surface area (Å²) in [7, 11) is 0. The van der Waals surface area contributed by atoms with Crippen molar-refractivity contribution in [3.8, 4) is 0 Å². The van der Waals surface area contributed by atoms with E-state index >= 15 is 0 Å². The molecule has 0 radical (unpaired) electrons. The van der Waals surface area contributed by atoms with Crippen LogP contribution in [0.25, 0.3) is 0 Å². The highest BCUT2D eigenvalue weighted by Gasteiger charge is 2.55. The number of carboxylic acid groups (broad SMARTS) is 1. The lowest BCUT2D eigenvalue weighted by Gasteiger charge is -2.44. The molecule has 0 unspecified atom stereocenters. The van der Waals surface area contributed by atoms with Crippen LogP contribution in [0.4, 0.5) is 0 Å². The van der Waals surface area contributed by atoms with Crippen molar-refractivity contribution in [2.24, 2.45) is 0 Å². The number of ether oxygens (including phenoxy) is 23. The first-order valence-electron chi connectivity index (χ1n) is 48.9. The van der Waals surface area contributed by atoms with Crippen LogP contribution in [0.2, 0.25) is 0 Å². The van der Waals surface area contributed by atoms with E-state index in [1.807, 2.05) is 0 Å². The monoisotopic (exact) mass is 2110 g/mol. The summed E-state index contributed by atoms with van der Waals surface area (Å²) in [5, 5.41) is 36.2. The van der Waals surface area contributed by atoms with Gasteiger partial charge in [0.1, 0.15) is 61.8 Å². The van der Waals surface area contributed by atoms with Crippen LogP contribution in [0.5, 0.6) is 0 Å². The SMILES string of the molecule is CC(=O)N[C@H]1[C@H](OCCCCC(=O)NCCCNC(=O)CCOCC(COCCC(=O)NCCCNC(=O)CCCCO[C@@H]2O[C@H](COC(C)=O)[C@H](OC(C)=O)[C@H](OC(C)=O)[C@H]2NC(C)=O)(COCCC(=O)NCCCNC(=O)CCCCO[C@@H]2O[C@H](COC(C)=O)[C@H](OC(C)=O)[C@H](OC(C)=O)[C@H]2NC(C)=O)NC(=O)CCOCCOCCOCCOCCOCCC(=O)O)O[C@H](COC(C)=O)[C@H](OC(C)=O)[C@@H]1OC(C)=O. The van der Waals surface area contributed by atoms with Gasteiger partial charge in [-0.2, -0.15) is 0 Å². The number of aliphatic carboxylic acids is 1. The van der Waals surface area contributed by atoms with Gasteiger partial charge >= 0.3 is 59.7 Å². The predicted octanol–water partition coefficient (Wildman–Crippen LogP) is -2.59. The number of esters is 9. The van der Waals surface area contributed by atoms with E-state index in [9.17, 15) is 95.9 Å². The fourth-order valence-corrected chi connectivity index (χ4v) is 14.4. The minimum atomic E-state index is -1.58. The topological polar surface area (TPSA) is 694 Å². The Morgan fingerprint density at radius 3 is 0.707 bits per heavy atom. The molecule has 3 rings (SSSR count). The van der Waals surface area contributed by atoms with Gasteiger partial charge in [-0.05, 0) is 57.8 Å². The zero-order valence-electron chi connectivity index (χ0n) is 86.0. The summed E-state index contributed by atoms with van der Waals surface area (Å²) in [5.41, 5.74) is -1.58. The molecule has 0 aromatic rings. The van der Waals surface area contributed by atoms with E-state index in [1.54, 1.807) is 0 Å². The Hall–Kier alpha value is -11.2. The van der Waals surface area contributed by atoms with Crippen LogP contribution in [0.1, 0.15) is 192 Å². The van der Waals surface area contributed by atoms with Gasteiger partial charge < -0.3 is 167 Å². The summed E-state index contributed by atoms with van der Waals surface area (Å²) in [5.74, 6) is -12.3. The van der Waals surface area contributed by atoms with Crippen molar-refractivity contribution in [1.82, 2.24) is 53.2 Å². The molecule has 0 spiro atoms. The third-order valence-corrected chi connectivity index (χ3v) is 20.8. The minimum Gasteiger partial charge on any atom is -0.481 e. The molecular formula is C93H152N10O44. The summed E-state index contributed by atoms with van der Waals surface area (Å²) in [6.07, 6.45) is -13.4. The predicted molar refractivity (Wildman–Crippen MR) is 501 cm³/mol. The van der Waals surface area contributed by atoms with E-state index in [0.717, 1.165) is 62.3 Å². The normalized spacial score (nSPS) is 20.4.